The summed E-state index contributed by atoms with van der Waals surface area (Å²) < 4.78 is 6.96. The molecule has 1 aliphatic rings. The Bertz CT molecular complexity index is 1110. The Morgan fingerprint density at radius 1 is 1.13 bits per heavy atom. The number of carbonyl (C=O) groups excluding carboxylic acids is 2. The van der Waals surface area contributed by atoms with Gasteiger partial charge in [0.25, 0.3) is 0 Å². The molecule has 31 heavy (non-hydrogen) atoms. The van der Waals surface area contributed by atoms with Crippen LogP contribution >= 0.6 is 11.8 Å². The van der Waals surface area contributed by atoms with Gasteiger partial charge in [-0.3, -0.25) is 9.36 Å². The van der Waals surface area contributed by atoms with Crippen molar-refractivity contribution in [1.29, 1.82) is 0 Å². The lowest BCUT2D eigenvalue weighted by molar-refractivity contribution is -0.113. The third kappa shape index (κ3) is 4.66. The average molecular weight is 436 g/mol. The Morgan fingerprint density at radius 3 is 2.68 bits per heavy atom. The standard InChI is InChI=1S/C24H25N3O3S/c1-16-12-13-17(23(29)30-2)14-20(16)25-22(28)15-31-24-26-19-10-6-7-11-21(19)27(24)18-8-4-3-5-9-18/h3-5,8-9,12-14H,6-7,10-11,15H2,1-2H3,(H,25,28). The number of carbonyl (C=O) groups is 2. The molecule has 0 bridgehead atoms. The van der Waals surface area contributed by atoms with E-state index < -0.39 is 5.97 Å². The molecule has 0 aliphatic heterocycles. The zero-order valence-electron chi connectivity index (χ0n) is 17.7. The Labute approximate surface area is 186 Å². The minimum atomic E-state index is -0.430. The van der Waals surface area contributed by atoms with E-state index in [1.54, 1.807) is 18.2 Å². The Morgan fingerprint density at radius 2 is 1.90 bits per heavy atom. The maximum Gasteiger partial charge on any atom is 0.337 e. The number of esters is 1. The van der Waals surface area contributed by atoms with Gasteiger partial charge in [-0.15, -0.1) is 0 Å². The molecule has 1 amide bonds. The van der Waals surface area contributed by atoms with Gasteiger partial charge in [-0.2, -0.15) is 0 Å². The molecule has 0 unspecified atom stereocenters. The number of para-hydroxylation sites is 1. The van der Waals surface area contributed by atoms with Crippen molar-refractivity contribution in [3.8, 4) is 5.69 Å². The van der Waals surface area contributed by atoms with E-state index in [-0.39, 0.29) is 11.7 Å². The first kappa shape index (κ1) is 21.2. The van der Waals surface area contributed by atoms with Crippen LogP contribution in [0, 0.1) is 6.92 Å². The molecule has 0 spiro atoms. The Kier molecular flexibility index (Phi) is 6.42. The molecular formula is C24H25N3O3S. The van der Waals surface area contributed by atoms with Crippen LogP contribution in [0.5, 0.6) is 0 Å². The van der Waals surface area contributed by atoms with Crippen molar-refractivity contribution in [3.05, 3.63) is 71.0 Å². The summed E-state index contributed by atoms with van der Waals surface area (Å²) in [4.78, 5) is 29.3. The highest BCUT2D eigenvalue weighted by atomic mass is 32.2. The SMILES string of the molecule is COC(=O)c1ccc(C)c(NC(=O)CSc2nc3c(n2-c2ccccc2)CCCC3)c1. The number of hydrogen-bond donors (Lipinski definition) is 1. The van der Waals surface area contributed by atoms with E-state index in [1.807, 2.05) is 25.1 Å². The Balaban J connectivity index is 1.52. The zero-order chi connectivity index (χ0) is 21.8. The summed E-state index contributed by atoms with van der Waals surface area (Å²) in [6.07, 6.45) is 4.29. The number of fused-ring (bicyclic) bond motifs is 1. The topological polar surface area (TPSA) is 73.2 Å². The summed E-state index contributed by atoms with van der Waals surface area (Å²) in [5.74, 6) is -0.346. The number of ether oxygens (including phenoxy) is 1. The van der Waals surface area contributed by atoms with Gasteiger partial charge in [-0.25, -0.2) is 9.78 Å². The van der Waals surface area contributed by atoms with Crippen LogP contribution in [0.15, 0.2) is 53.7 Å². The first-order chi connectivity index (χ1) is 15.1. The highest BCUT2D eigenvalue weighted by Gasteiger charge is 2.22. The molecule has 6 nitrogen and oxygen atoms in total. The number of nitrogens with zero attached hydrogens (tertiary/aromatic N) is 2. The number of anilines is 1. The molecule has 2 aromatic carbocycles. The fraction of sp³-hybridized carbons (Fsp3) is 0.292. The third-order valence-corrected chi connectivity index (χ3v) is 6.32. The molecule has 0 atom stereocenters. The van der Waals surface area contributed by atoms with Crippen LogP contribution in [0.25, 0.3) is 5.69 Å². The number of amides is 1. The molecule has 1 heterocycles. The average Bonchev–Trinajstić information content (AvgIpc) is 3.17. The van der Waals surface area contributed by atoms with E-state index in [0.717, 1.165) is 47.8 Å². The summed E-state index contributed by atoms with van der Waals surface area (Å²) >= 11 is 1.43. The minimum absolute atomic E-state index is 0.143. The quantitative estimate of drug-likeness (QED) is 0.453. The van der Waals surface area contributed by atoms with E-state index in [2.05, 4.69) is 22.0 Å². The normalized spacial score (nSPS) is 12.8. The second kappa shape index (κ2) is 9.39. The summed E-state index contributed by atoms with van der Waals surface area (Å²) in [5, 5.41) is 3.76. The van der Waals surface area contributed by atoms with Gasteiger partial charge >= 0.3 is 5.97 Å². The van der Waals surface area contributed by atoms with Crippen molar-refractivity contribution in [3.63, 3.8) is 0 Å². The molecule has 0 saturated heterocycles. The van der Waals surface area contributed by atoms with Crippen LogP contribution in [-0.2, 0) is 22.4 Å². The highest BCUT2D eigenvalue weighted by molar-refractivity contribution is 7.99. The van der Waals surface area contributed by atoms with Crippen LogP contribution in [0.1, 0.15) is 40.2 Å². The number of aryl methyl sites for hydroxylation is 2. The maximum absolute atomic E-state index is 12.7. The monoisotopic (exact) mass is 435 g/mol. The molecule has 1 aliphatic carbocycles. The summed E-state index contributed by atoms with van der Waals surface area (Å²) in [6, 6.07) is 15.3. The van der Waals surface area contributed by atoms with Crippen LogP contribution in [0.4, 0.5) is 5.69 Å². The van der Waals surface area contributed by atoms with Gasteiger partial charge in [0.2, 0.25) is 5.91 Å². The fourth-order valence-corrected chi connectivity index (χ4v) is 4.63. The van der Waals surface area contributed by atoms with E-state index in [9.17, 15) is 9.59 Å². The zero-order valence-corrected chi connectivity index (χ0v) is 18.5. The maximum atomic E-state index is 12.7. The molecule has 0 radical (unpaired) electrons. The molecule has 1 N–H and O–H groups in total. The van der Waals surface area contributed by atoms with Gasteiger partial charge in [0.15, 0.2) is 5.16 Å². The van der Waals surface area contributed by atoms with Crippen molar-refractivity contribution in [2.24, 2.45) is 0 Å². The summed E-state index contributed by atoms with van der Waals surface area (Å²) in [6.45, 7) is 1.89. The molecule has 0 fully saturated rings. The van der Waals surface area contributed by atoms with Crippen LogP contribution in [0.3, 0.4) is 0 Å². The molecule has 1 aromatic heterocycles. The molecule has 7 heteroatoms. The number of thioether (sulfide) groups is 1. The second-order valence-electron chi connectivity index (χ2n) is 7.52. The van der Waals surface area contributed by atoms with Crippen molar-refractivity contribution in [2.45, 2.75) is 37.8 Å². The van der Waals surface area contributed by atoms with E-state index in [0.29, 0.717) is 11.3 Å². The van der Waals surface area contributed by atoms with Gasteiger partial charge in [0, 0.05) is 17.1 Å². The first-order valence-electron chi connectivity index (χ1n) is 10.3. The number of methoxy groups -OCH3 is 1. The summed E-state index contributed by atoms with van der Waals surface area (Å²) in [7, 11) is 1.34. The molecule has 160 valence electrons. The van der Waals surface area contributed by atoms with E-state index in [4.69, 9.17) is 9.72 Å². The lowest BCUT2D eigenvalue weighted by atomic mass is 10.0. The second-order valence-corrected chi connectivity index (χ2v) is 8.47. The lowest BCUT2D eigenvalue weighted by Gasteiger charge is -2.15. The van der Waals surface area contributed by atoms with Crippen molar-refractivity contribution >= 4 is 29.3 Å². The van der Waals surface area contributed by atoms with Gasteiger partial charge in [0.05, 0.1) is 24.1 Å². The lowest BCUT2D eigenvalue weighted by Crippen LogP contribution is -2.16. The number of hydrogen-bond acceptors (Lipinski definition) is 5. The van der Waals surface area contributed by atoms with Gasteiger partial charge in [0.1, 0.15) is 0 Å². The molecule has 0 saturated carbocycles. The fourth-order valence-electron chi connectivity index (χ4n) is 3.77. The van der Waals surface area contributed by atoms with Gasteiger partial charge < -0.3 is 10.1 Å². The predicted octanol–water partition coefficient (Wildman–Crippen LogP) is 4.58. The number of benzene rings is 2. The van der Waals surface area contributed by atoms with Crippen LogP contribution < -0.4 is 5.32 Å². The number of aromatic nitrogens is 2. The van der Waals surface area contributed by atoms with Gasteiger partial charge in [-0.1, -0.05) is 36.0 Å². The van der Waals surface area contributed by atoms with Gasteiger partial charge in [-0.05, 0) is 62.4 Å². The Hall–Kier alpha value is -3.06. The van der Waals surface area contributed by atoms with Crippen LogP contribution in [-0.4, -0.2) is 34.3 Å². The third-order valence-electron chi connectivity index (χ3n) is 5.38. The largest absolute Gasteiger partial charge is 0.465 e. The number of nitrogens with one attached hydrogen (secondary N) is 1. The number of rotatable bonds is 6. The van der Waals surface area contributed by atoms with Crippen molar-refractivity contribution in [2.75, 3.05) is 18.2 Å². The highest BCUT2D eigenvalue weighted by Crippen LogP contribution is 2.30. The summed E-state index contributed by atoms with van der Waals surface area (Å²) in [5.41, 5.74) is 5.36. The predicted molar refractivity (Wildman–Crippen MR) is 122 cm³/mol. The van der Waals surface area contributed by atoms with Crippen molar-refractivity contribution < 1.29 is 14.3 Å². The molecule has 3 aromatic rings. The van der Waals surface area contributed by atoms with Crippen LogP contribution in [0.2, 0.25) is 0 Å². The van der Waals surface area contributed by atoms with E-state index in [1.165, 1.54) is 24.6 Å². The first-order valence-corrected chi connectivity index (χ1v) is 11.3. The minimum Gasteiger partial charge on any atom is -0.465 e. The number of imidazole rings is 1. The molecular weight excluding hydrogens is 410 g/mol. The van der Waals surface area contributed by atoms with Crippen molar-refractivity contribution in [1.82, 2.24) is 9.55 Å². The molecule has 4 rings (SSSR count). The smallest absolute Gasteiger partial charge is 0.337 e. The van der Waals surface area contributed by atoms with E-state index >= 15 is 0 Å².